The van der Waals surface area contributed by atoms with Crippen molar-refractivity contribution in [3.63, 3.8) is 0 Å². The number of fused-ring (bicyclic) bond motifs is 1. The minimum Gasteiger partial charge on any atom is -0.338 e. The van der Waals surface area contributed by atoms with E-state index in [2.05, 4.69) is 38.4 Å². The first-order chi connectivity index (χ1) is 9.70. The minimum atomic E-state index is 0.554. The van der Waals surface area contributed by atoms with Crippen LogP contribution in [0.4, 0.5) is 0 Å². The molecule has 6 heteroatoms. The Bertz CT molecular complexity index is 640. The summed E-state index contributed by atoms with van der Waals surface area (Å²) in [4.78, 5) is 11.5. The zero-order valence-electron chi connectivity index (χ0n) is 12.0. The van der Waals surface area contributed by atoms with Gasteiger partial charge in [0, 0.05) is 24.7 Å². The molecule has 1 fully saturated rings. The van der Waals surface area contributed by atoms with Crippen molar-refractivity contribution in [1.29, 1.82) is 0 Å². The molecule has 2 aromatic rings. The maximum atomic E-state index is 5.36. The molecule has 0 bridgehead atoms. The van der Waals surface area contributed by atoms with Gasteiger partial charge in [-0.3, -0.25) is 4.90 Å². The average molecular weight is 273 g/mol. The SMILES string of the molecule is Cc1nc2n(c1C)CCN(Cc1nc(C3CC3)no1)C2. The Hall–Kier alpha value is -1.69. The first kappa shape index (κ1) is 12.1. The monoisotopic (exact) mass is 273 g/mol. The Balaban J connectivity index is 1.47. The molecule has 0 amide bonds. The Morgan fingerprint density at radius 2 is 2.05 bits per heavy atom. The van der Waals surface area contributed by atoms with Gasteiger partial charge in [-0.1, -0.05) is 5.16 Å². The van der Waals surface area contributed by atoms with Crippen molar-refractivity contribution in [3.05, 3.63) is 28.9 Å². The highest BCUT2D eigenvalue weighted by Gasteiger charge is 2.29. The van der Waals surface area contributed by atoms with Gasteiger partial charge in [-0.25, -0.2) is 4.98 Å². The number of hydrogen-bond acceptors (Lipinski definition) is 5. The average Bonchev–Trinajstić information content (AvgIpc) is 3.12. The van der Waals surface area contributed by atoms with Gasteiger partial charge in [-0.2, -0.15) is 4.98 Å². The van der Waals surface area contributed by atoms with Crippen LogP contribution in [0.1, 0.15) is 47.7 Å². The predicted octanol–water partition coefficient (Wildman–Crippen LogP) is 1.78. The van der Waals surface area contributed by atoms with Crippen LogP contribution < -0.4 is 0 Å². The lowest BCUT2D eigenvalue weighted by molar-refractivity contribution is 0.182. The Kier molecular flexibility index (Phi) is 2.66. The van der Waals surface area contributed by atoms with Crippen molar-refractivity contribution < 1.29 is 4.52 Å². The van der Waals surface area contributed by atoms with Gasteiger partial charge in [0.25, 0.3) is 0 Å². The third-order valence-electron chi connectivity index (χ3n) is 4.33. The molecular weight excluding hydrogens is 254 g/mol. The highest BCUT2D eigenvalue weighted by Crippen LogP contribution is 2.38. The molecule has 0 atom stereocenters. The van der Waals surface area contributed by atoms with E-state index in [1.807, 2.05) is 0 Å². The van der Waals surface area contributed by atoms with Crippen molar-refractivity contribution in [3.8, 4) is 0 Å². The quantitative estimate of drug-likeness (QED) is 0.853. The van der Waals surface area contributed by atoms with E-state index in [1.165, 1.54) is 18.5 Å². The topological polar surface area (TPSA) is 60.0 Å². The van der Waals surface area contributed by atoms with Gasteiger partial charge >= 0.3 is 0 Å². The van der Waals surface area contributed by atoms with Crippen LogP contribution in [0, 0.1) is 13.8 Å². The standard InChI is InChI=1S/C14H19N5O/c1-9-10(2)19-6-5-18(7-12(19)15-9)8-13-16-14(17-20-13)11-3-4-11/h11H,3-8H2,1-2H3. The summed E-state index contributed by atoms with van der Waals surface area (Å²) in [5.41, 5.74) is 2.42. The van der Waals surface area contributed by atoms with Crippen molar-refractivity contribution in [1.82, 2.24) is 24.6 Å². The van der Waals surface area contributed by atoms with Gasteiger partial charge in [0.15, 0.2) is 5.82 Å². The molecular formula is C14H19N5O. The molecule has 0 aromatic carbocycles. The zero-order chi connectivity index (χ0) is 13.7. The molecule has 0 unspecified atom stereocenters. The van der Waals surface area contributed by atoms with E-state index in [9.17, 15) is 0 Å². The fourth-order valence-corrected chi connectivity index (χ4v) is 2.83. The summed E-state index contributed by atoms with van der Waals surface area (Å²) in [6, 6.07) is 0. The molecule has 1 aliphatic heterocycles. The number of aryl methyl sites for hydroxylation is 1. The van der Waals surface area contributed by atoms with Crippen molar-refractivity contribution >= 4 is 0 Å². The van der Waals surface area contributed by atoms with Crippen LogP contribution in [-0.2, 0) is 19.6 Å². The first-order valence-corrected chi connectivity index (χ1v) is 7.28. The number of imidazole rings is 1. The van der Waals surface area contributed by atoms with E-state index in [0.717, 1.165) is 49.4 Å². The zero-order valence-corrected chi connectivity index (χ0v) is 12.0. The summed E-state index contributed by atoms with van der Waals surface area (Å²) < 4.78 is 7.67. The van der Waals surface area contributed by atoms with Crippen molar-refractivity contribution in [2.24, 2.45) is 0 Å². The molecule has 2 aliphatic rings. The lowest BCUT2D eigenvalue weighted by Gasteiger charge is -2.26. The smallest absolute Gasteiger partial charge is 0.240 e. The molecule has 20 heavy (non-hydrogen) atoms. The van der Waals surface area contributed by atoms with E-state index in [1.54, 1.807) is 0 Å². The number of aromatic nitrogens is 4. The van der Waals surface area contributed by atoms with Crippen LogP contribution >= 0.6 is 0 Å². The Morgan fingerprint density at radius 1 is 1.20 bits per heavy atom. The summed E-state index contributed by atoms with van der Waals surface area (Å²) in [6.07, 6.45) is 2.41. The fourth-order valence-electron chi connectivity index (χ4n) is 2.83. The molecule has 1 aliphatic carbocycles. The molecule has 0 radical (unpaired) electrons. The van der Waals surface area contributed by atoms with E-state index < -0.39 is 0 Å². The fraction of sp³-hybridized carbons (Fsp3) is 0.643. The van der Waals surface area contributed by atoms with Crippen LogP contribution in [0.5, 0.6) is 0 Å². The Labute approximate surface area is 117 Å². The normalized spacial score (nSPS) is 19.3. The van der Waals surface area contributed by atoms with E-state index in [-0.39, 0.29) is 0 Å². The van der Waals surface area contributed by atoms with Crippen LogP contribution in [0.2, 0.25) is 0 Å². The molecule has 0 spiro atoms. The summed E-state index contributed by atoms with van der Waals surface area (Å²) in [5.74, 6) is 3.33. The highest BCUT2D eigenvalue weighted by atomic mass is 16.5. The van der Waals surface area contributed by atoms with Crippen LogP contribution in [0.25, 0.3) is 0 Å². The molecule has 0 saturated heterocycles. The molecule has 6 nitrogen and oxygen atoms in total. The van der Waals surface area contributed by atoms with Crippen molar-refractivity contribution in [2.45, 2.75) is 52.2 Å². The second-order valence-electron chi connectivity index (χ2n) is 5.88. The lowest BCUT2D eigenvalue weighted by atomic mass is 10.3. The Morgan fingerprint density at radius 3 is 2.85 bits per heavy atom. The maximum absolute atomic E-state index is 5.36. The molecule has 1 saturated carbocycles. The predicted molar refractivity (Wildman–Crippen MR) is 72.1 cm³/mol. The summed E-state index contributed by atoms with van der Waals surface area (Å²) in [7, 11) is 0. The van der Waals surface area contributed by atoms with E-state index in [0.29, 0.717) is 5.92 Å². The van der Waals surface area contributed by atoms with Crippen LogP contribution in [-0.4, -0.2) is 31.1 Å². The minimum absolute atomic E-state index is 0.554. The first-order valence-electron chi connectivity index (χ1n) is 7.28. The van der Waals surface area contributed by atoms with Gasteiger partial charge in [0.2, 0.25) is 5.89 Å². The number of rotatable bonds is 3. The van der Waals surface area contributed by atoms with E-state index >= 15 is 0 Å². The van der Waals surface area contributed by atoms with Crippen LogP contribution in [0.3, 0.4) is 0 Å². The van der Waals surface area contributed by atoms with Crippen molar-refractivity contribution in [2.75, 3.05) is 6.54 Å². The molecule has 4 rings (SSSR count). The molecule has 0 N–H and O–H groups in total. The third kappa shape index (κ3) is 2.04. The van der Waals surface area contributed by atoms with Gasteiger partial charge < -0.3 is 9.09 Å². The molecule has 2 aromatic heterocycles. The summed E-state index contributed by atoms with van der Waals surface area (Å²) in [6.45, 7) is 7.79. The van der Waals surface area contributed by atoms with Gasteiger partial charge in [-0.15, -0.1) is 0 Å². The van der Waals surface area contributed by atoms with Gasteiger partial charge in [-0.05, 0) is 26.7 Å². The second-order valence-corrected chi connectivity index (χ2v) is 5.88. The maximum Gasteiger partial charge on any atom is 0.240 e. The number of hydrogen-bond donors (Lipinski definition) is 0. The molecule has 3 heterocycles. The largest absolute Gasteiger partial charge is 0.338 e. The van der Waals surface area contributed by atoms with Gasteiger partial charge in [0.1, 0.15) is 5.82 Å². The van der Waals surface area contributed by atoms with Gasteiger partial charge in [0.05, 0.1) is 18.8 Å². The van der Waals surface area contributed by atoms with E-state index in [4.69, 9.17) is 4.52 Å². The number of nitrogens with zero attached hydrogens (tertiary/aromatic N) is 5. The molecule has 106 valence electrons. The lowest BCUT2D eigenvalue weighted by Crippen LogP contribution is -2.33. The third-order valence-corrected chi connectivity index (χ3v) is 4.33. The second kappa shape index (κ2) is 4.41. The highest BCUT2D eigenvalue weighted by molar-refractivity contribution is 5.15. The van der Waals surface area contributed by atoms with Crippen LogP contribution in [0.15, 0.2) is 4.52 Å². The summed E-state index contributed by atoms with van der Waals surface area (Å²) >= 11 is 0. The summed E-state index contributed by atoms with van der Waals surface area (Å²) in [5, 5.41) is 4.07.